The van der Waals surface area contributed by atoms with Gasteiger partial charge >= 0.3 is 5.97 Å². The topological polar surface area (TPSA) is 95.9 Å². The fraction of sp³-hybridized carbons (Fsp3) is 0.914. The van der Waals surface area contributed by atoms with Gasteiger partial charge in [0.2, 0.25) is 5.91 Å². The Morgan fingerprint density at radius 3 is 0.934 bits per heavy atom. The molecular formula is C70H135NO5. The first-order chi connectivity index (χ1) is 37.5. The van der Waals surface area contributed by atoms with Crippen molar-refractivity contribution in [3.63, 3.8) is 0 Å². The molecule has 0 radical (unpaired) electrons. The van der Waals surface area contributed by atoms with E-state index in [1.165, 1.54) is 321 Å². The minimum Gasteiger partial charge on any atom is -0.466 e. The molecule has 0 bridgehead atoms. The molecule has 0 aliphatic heterocycles. The minimum atomic E-state index is -0.840. The van der Waals surface area contributed by atoms with Crippen LogP contribution in [0.25, 0.3) is 0 Å². The first-order valence-electron chi connectivity index (χ1n) is 34.6. The Labute approximate surface area is 475 Å². The van der Waals surface area contributed by atoms with Crippen molar-refractivity contribution in [1.82, 2.24) is 5.32 Å². The van der Waals surface area contributed by atoms with Crippen molar-refractivity contribution in [2.24, 2.45) is 0 Å². The zero-order valence-electron chi connectivity index (χ0n) is 51.5. The number of carbonyl (C=O) groups is 2. The van der Waals surface area contributed by atoms with E-state index in [9.17, 15) is 19.8 Å². The number of unbranched alkanes of at least 4 members (excludes halogenated alkanes) is 52. The van der Waals surface area contributed by atoms with Gasteiger partial charge in [-0.2, -0.15) is 0 Å². The van der Waals surface area contributed by atoms with Gasteiger partial charge in [0, 0.05) is 12.8 Å². The highest BCUT2D eigenvalue weighted by Crippen LogP contribution is 2.19. The molecule has 0 aliphatic rings. The zero-order chi connectivity index (χ0) is 55.0. The van der Waals surface area contributed by atoms with Crippen molar-refractivity contribution in [3.05, 3.63) is 24.3 Å². The zero-order valence-corrected chi connectivity index (χ0v) is 51.5. The number of esters is 1. The predicted molar refractivity (Wildman–Crippen MR) is 333 cm³/mol. The minimum absolute atomic E-state index is 0.0192. The summed E-state index contributed by atoms with van der Waals surface area (Å²) < 4.78 is 5.51. The summed E-state index contributed by atoms with van der Waals surface area (Å²) in [6, 6.07) is -0.623. The quantitative estimate of drug-likeness (QED) is 0.0320. The van der Waals surface area contributed by atoms with Crippen LogP contribution in [0, 0.1) is 0 Å². The van der Waals surface area contributed by atoms with Crippen molar-refractivity contribution in [2.75, 3.05) is 13.2 Å². The average Bonchev–Trinajstić information content (AvgIpc) is 3.42. The lowest BCUT2D eigenvalue weighted by atomic mass is 10.0. The van der Waals surface area contributed by atoms with Crippen LogP contribution in [0.5, 0.6) is 0 Å². The molecule has 0 aromatic rings. The average molecular weight is 1070 g/mol. The van der Waals surface area contributed by atoms with Gasteiger partial charge in [0.15, 0.2) is 0 Å². The first-order valence-corrected chi connectivity index (χ1v) is 34.6. The number of aliphatic hydroxyl groups is 2. The number of aliphatic hydroxyl groups excluding tert-OH is 2. The van der Waals surface area contributed by atoms with Crippen LogP contribution in [0.3, 0.4) is 0 Å². The molecular weight excluding hydrogens is 935 g/mol. The molecule has 0 saturated carbocycles. The highest BCUT2D eigenvalue weighted by atomic mass is 16.5. The lowest BCUT2D eigenvalue weighted by Crippen LogP contribution is -2.45. The lowest BCUT2D eigenvalue weighted by Gasteiger charge is -2.20. The van der Waals surface area contributed by atoms with Gasteiger partial charge in [-0.3, -0.25) is 9.59 Å². The SMILES string of the molecule is CCCCCCCC/C=C\CCCCCCCCCCCC(=O)OCCCCCCCCCCCCCCCCCCCCCCCCCCCCCCCC(=O)NC(CO)C(O)/C=C/CCCCCCCCCCC. The molecule has 6 heteroatoms. The third-order valence-corrected chi connectivity index (χ3v) is 16.2. The maximum absolute atomic E-state index is 12.4. The normalized spacial score (nSPS) is 12.6. The molecule has 0 rings (SSSR count). The highest BCUT2D eigenvalue weighted by Gasteiger charge is 2.18. The number of amides is 1. The number of allylic oxidation sites excluding steroid dienone is 3. The molecule has 0 aliphatic carbocycles. The van der Waals surface area contributed by atoms with E-state index in [0.29, 0.717) is 19.4 Å². The first kappa shape index (κ1) is 74.3. The summed E-state index contributed by atoms with van der Waals surface area (Å²) in [7, 11) is 0. The summed E-state index contributed by atoms with van der Waals surface area (Å²) in [4.78, 5) is 24.5. The standard InChI is InChI=1S/C70H135NO5/c1-3-5-7-9-11-13-15-16-17-18-30-34-37-40-44-48-52-56-60-64-70(75)76-65-61-57-53-49-45-41-38-35-32-29-27-25-23-21-19-20-22-24-26-28-31-33-36-39-43-47-51-55-59-63-69(74)71-67(66-72)68(73)62-58-54-50-46-42-14-12-10-8-6-4-2/h16-17,58,62,67-68,72-73H,3-15,18-57,59-61,63-66H2,1-2H3,(H,71,74)/b17-16-,62-58+. The fourth-order valence-electron chi connectivity index (χ4n) is 10.9. The Morgan fingerprint density at radius 1 is 0.355 bits per heavy atom. The number of carbonyl (C=O) groups excluding carboxylic acids is 2. The molecule has 450 valence electrons. The van der Waals surface area contributed by atoms with Crippen LogP contribution in [0.4, 0.5) is 0 Å². The van der Waals surface area contributed by atoms with E-state index in [4.69, 9.17) is 4.74 Å². The van der Waals surface area contributed by atoms with E-state index in [2.05, 4.69) is 31.3 Å². The Balaban J connectivity index is 3.31. The molecule has 0 spiro atoms. The second-order valence-corrected chi connectivity index (χ2v) is 23.9. The molecule has 0 saturated heterocycles. The van der Waals surface area contributed by atoms with Crippen molar-refractivity contribution in [3.8, 4) is 0 Å². The summed E-state index contributed by atoms with van der Waals surface area (Å²) >= 11 is 0. The summed E-state index contributed by atoms with van der Waals surface area (Å²) in [5.74, 6) is -0.0449. The monoisotopic (exact) mass is 1070 g/mol. The van der Waals surface area contributed by atoms with Crippen molar-refractivity contribution in [2.45, 2.75) is 398 Å². The van der Waals surface area contributed by atoms with Crippen molar-refractivity contribution in [1.29, 1.82) is 0 Å². The Kier molecular flexibility index (Phi) is 64.4. The van der Waals surface area contributed by atoms with Crippen LogP contribution in [0.15, 0.2) is 24.3 Å². The summed E-state index contributed by atoms with van der Waals surface area (Å²) in [5, 5.41) is 23.1. The summed E-state index contributed by atoms with van der Waals surface area (Å²) in [6.45, 7) is 4.92. The number of hydrogen-bond acceptors (Lipinski definition) is 5. The number of ether oxygens (including phenoxy) is 1. The molecule has 2 unspecified atom stereocenters. The van der Waals surface area contributed by atoms with E-state index < -0.39 is 12.1 Å². The van der Waals surface area contributed by atoms with E-state index in [1.54, 1.807) is 6.08 Å². The maximum atomic E-state index is 12.4. The molecule has 0 heterocycles. The maximum Gasteiger partial charge on any atom is 0.305 e. The van der Waals surface area contributed by atoms with Crippen LogP contribution >= 0.6 is 0 Å². The van der Waals surface area contributed by atoms with Crippen molar-refractivity contribution < 1.29 is 24.5 Å². The van der Waals surface area contributed by atoms with Crippen LogP contribution < -0.4 is 5.32 Å². The highest BCUT2D eigenvalue weighted by molar-refractivity contribution is 5.76. The molecule has 0 aromatic carbocycles. The van der Waals surface area contributed by atoms with Crippen LogP contribution in [0.2, 0.25) is 0 Å². The van der Waals surface area contributed by atoms with E-state index in [1.807, 2.05) is 6.08 Å². The third kappa shape index (κ3) is 61.6. The number of nitrogens with one attached hydrogen (secondary N) is 1. The fourth-order valence-corrected chi connectivity index (χ4v) is 10.9. The molecule has 2 atom stereocenters. The predicted octanol–water partition coefficient (Wildman–Crippen LogP) is 22.1. The molecule has 1 amide bonds. The smallest absolute Gasteiger partial charge is 0.305 e. The van der Waals surface area contributed by atoms with Gasteiger partial charge in [-0.15, -0.1) is 0 Å². The van der Waals surface area contributed by atoms with Gasteiger partial charge in [0.1, 0.15) is 0 Å². The summed E-state index contributed by atoms with van der Waals surface area (Å²) in [5.41, 5.74) is 0. The van der Waals surface area contributed by atoms with Gasteiger partial charge in [-0.05, 0) is 57.8 Å². The van der Waals surface area contributed by atoms with Gasteiger partial charge in [0.25, 0.3) is 0 Å². The second kappa shape index (κ2) is 65.9. The number of rotatable bonds is 65. The Hall–Kier alpha value is -1.66. The molecule has 3 N–H and O–H groups in total. The Bertz CT molecular complexity index is 1190. The van der Waals surface area contributed by atoms with E-state index >= 15 is 0 Å². The molecule has 0 fully saturated rings. The van der Waals surface area contributed by atoms with Crippen LogP contribution in [-0.2, 0) is 14.3 Å². The van der Waals surface area contributed by atoms with E-state index in [0.717, 1.165) is 38.5 Å². The molecule has 6 nitrogen and oxygen atoms in total. The Morgan fingerprint density at radius 2 is 0.618 bits per heavy atom. The van der Waals surface area contributed by atoms with Crippen LogP contribution in [-0.4, -0.2) is 47.4 Å². The summed E-state index contributed by atoms with van der Waals surface area (Å²) in [6.07, 6.45) is 82.6. The third-order valence-electron chi connectivity index (χ3n) is 16.2. The lowest BCUT2D eigenvalue weighted by molar-refractivity contribution is -0.143. The van der Waals surface area contributed by atoms with Crippen molar-refractivity contribution >= 4 is 11.9 Å². The largest absolute Gasteiger partial charge is 0.466 e. The number of hydrogen-bond donors (Lipinski definition) is 3. The van der Waals surface area contributed by atoms with Crippen LogP contribution in [0.1, 0.15) is 386 Å². The molecule has 0 aromatic heterocycles. The second-order valence-electron chi connectivity index (χ2n) is 23.9. The van der Waals surface area contributed by atoms with Gasteiger partial charge in [-0.25, -0.2) is 0 Å². The van der Waals surface area contributed by atoms with Gasteiger partial charge in [0.05, 0.1) is 25.4 Å². The van der Waals surface area contributed by atoms with Gasteiger partial charge < -0.3 is 20.3 Å². The van der Waals surface area contributed by atoms with Gasteiger partial charge in [-0.1, -0.05) is 340 Å². The molecule has 76 heavy (non-hydrogen) atoms. The van der Waals surface area contributed by atoms with E-state index in [-0.39, 0.29) is 18.5 Å².